The number of hydrogen-bond donors (Lipinski definition) is 0. The molecule has 2 aromatic carbocycles. The van der Waals surface area contributed by atoms with Crippen molar-refractivity contribution in [2.75, 3.05) is 6.61 Å². The quantitative estimate of drug-likeness (QED) is 0.422. The maximum atomic E-state index is 12.7. The lowest BCUT2D eigenvalue weighted by Crippen LogP contribution is -2.15. The monoisotopic (exact) mass is 399 g/mol. The molecule has 1 fully saturated rings. The Balaban J connectivity index is 1.57. The summed E-state index contributed by atoms with van der Waals surface area (Å²) < 4.78 is 5.28. The van der Waals surface area contributed by atoms with Crippen molar-refractivity contribution >= 4 is 45.9 Å². The van der Waals surface area contributed by atoms with E-state index in [1.54, 1.807) is 12.1 Å². The summed E-state index contributed by atoms with van der Waals surface area (Å²) in [5.41, 5.74) is 2.35. The van der Waals surface area contributed by atoms with E-state index in [0.717, 1.165) is 24.1 Å². The van der Waals surface area contributed by atoms with Crippen LogP contribution in [0.2, 0.25) is 10.0 Å². The number of fused-ring (bicyclic) bond motifs is 1. The second kappa shape index (κ2) is 7.29. The minimum absolute atomic E-state index is 0.230. The van der Waals surface area contributed by atoms with Crippen molar-refractivity contribution in [3.8, 4) is 0 Å². The van der Waals surface area contributed by atoms with Gasteiger partial charge in [0, 0.05) is 27.6 Å². The number of carbonyl (C=O) groups excluding carboxylic acids is 2. The van der Waals surface area contributed by atoms with Crippen molar-refractivity contribution in [2.45, 2.75) is 18.8 Å². The van der Waals surface area contributed by atoms with Gasteiger partial charge >= 0.3 is 5.97 Å². The number of nitrogens with zero attached hydrogens (tertiary/aromatic N) is 1. The Hall–Kier alpha value is -2.43. The summed E-state index contributed by atoms with van der Waals surface area (Å²) in [4.78, 5) is 29.7. The van der Waals surface area contributed by atoms with Crippen LogP contribution in [0.4, 0.5) is 0 Å². The van der Waals surface area contributed by atoms with E-state index in [-0.39, 0.29) is 16.4 Å². The van der Waals surface area contributed by atoms with E-state index < -0.39 is 12.6 Å². The van der Waals surface area contributed by atoms with Gasteiger partial charge in [0.25, 0.3) is 0 Å². The van der Waals surface area contributed by atoms with Crippen LogP contribution < -0.4 is 0 Å². The van der Waals surface area contributed by atoms with Gasteiger partial charge in [-0.3, -0.25) is 9.78 Å². The molecule has 4 nitrogen and oxygen atoms in total. The summed E-state index contributed by atoms with van der Waals surface area (Å²) in [6.07, 6.45) is 2.15. The number of Topliss-reactive ketones (excluding diaryl/α,β-unsaturated/α-hetero) is 1. The number of pyridine rings is 1. The standard InChI is InChI=1S/C21H15Cl2NO3/c22-13-7-8-15(17(23)9-13)20(25)11-27-21(26)16-10-19(12-5-6-12)24-18-4-2-1-3-14(16)18/h1-4,7-10,12H,5-6,11H2. The molecule has 0 unspecified atom stereocenters. The molecule has 27 heavy (non-hydrogen) atoms. The molecule has 6 heteroatoms. The van der Waals surface area contributed by atoms with Gasteiger partial charge in [-0.1, -0.05) is 41.4 Å². The van der Waals surface area contributed by atoms with E-state index in [0.29, 0.717) is 21.9 Å². The molecule has 0 N–H and O–H groups in total. The molecule has 1 aromatic heterocycles. The van der Waals surface area contributed by atoms with Crippen molar-refractivity contribution < 1.29 is 14.3 Å². The van der Waals surface area contributed by atoms with E-state index in [2.05, 4.69) is 4.98 Å². The minimum Gasteiger partial charge on any atom is -0.454 e. The highest BCUT2D eigenvalue weighted by molar-refractivity contribution is 6.36. The summed E-state index contributed by atoms with van der Waals surface area (Å²) in [6.45, 7) is -0.393. The van der Waals surface area contributed by atoms with Gasteiger partial charge in [0.15, 0.2) is 6.61 Å². The summed E-state index contributed by atoms with van der Waals surface area (Å²) >= 11 is 11.9. The van der Waals surface area contributed by atoms with Crippen LogP contribution in [-0.2, 0) is 4.74 Å². The average molecular weight is 400 g/mol. The number of rotatable bonds is 5. The molecule has 136 valence electrons. The number of esters is 1. The Morgan fingerprint density at radius 1 is 1.04 bits per heavy atom. The van der Waals surface area contributed by atoms with Crippen molar-refractivity contribution in [1.82, 2.24) is 4.98 Å². The SMILES string of the molecule is O=C(COC(=O)c1cc(C2CC2)nc2ccccc12)c1ccc(Cl)cc1Cl. The summed E-state index contributed by atoms with van der Waals surface area (Å²) in [5, 5.41) is 1.38. The van der Waals surface area contributed by atoms with E-state index >= 15 is 0 Å². The highest BCUT2D eigenvalue weighted by atomic mass is 35.5. The molecular formula is C21H15Cl2NO3. The third kappa shape index (κ3) is 3.82. The molecule has 0 spiro atoms. The average Bonchev–Trinajstić information content (AvgIpc) is 3.50. The van der Waals surface area contributed by atoms with Crippen LogP contribution in [-0.4, -0.2) is 23.3 Å². The molecular weight excluding hydrogens is 385 g/mol. The van der Waals surface area contributed by atoms with Gasteiger partial charge in [0.1, 0.15) is 0 Å². The Kier molecular flexibility index (Phi) is 4.85. The molecule has 0 radical (unpaired) electrons. The van der Waals surface area contributed by atoms with E-state index in [9.17, 15) is 9.59 Å². The fraction of sp³-hybridized carbons (Fsp3) is 0.190. The molecule has 1 aliphatic rings. The van der Waals surface area contributed by atoms with Crippen LogP contribution >= 0.6 is 23.2 Å². The fourth-order valence-electron chi connectivity index (χ4n) is 2.96. The zero-order chi connectivity index (χ0) is 19.0. The van der Waals surface area contributed by atoms with Crippen LogP contribution in [0.1, 0.15) is 45.2 Å². The molecule has 4 rings (SSSR count). The molecule has 1 aliphatic carbocycles. The number of benzene rings is 2. The van der Waals surface area contributed by atoms with Crippen LogP contribution in [0.5, 0.6) is 0 Å². The van der Waals surface area contributed by atoms with Crippen LogP contribution in [0.15, 0.2) is 48.5 Å². The molecule has 0 aliphatic heterocycles. The fourth-order valence-corrected chi connectivity index (χ4v) is 3.47. The van der Waals surface area contributed by atoms with Crippen LogP contribution in [0.3, 0.4) is 0 Å². The number of para-hydroxylation sites is 1. The lowest BCUT2D eigenvalue weighted by molar-refractivity contribution is 0.0476. The highest BCUT2D eigenvalue weighted by Gasteiger charge is 2.27. The Morgan fingerprint density at radius 2 is 1.81 bits per heavy atom. The second-order valence-corrected chi connectivity index (χ2v) is 7.35. The van der Waals surface area contributed by atoms with Crippen molar-refractivity contribution in [1.29, 1.82) is 0 Å². The maximum absolute atomic E-state index is 12.7. The van der Waals surface area contributed by atoms with Gasteiger partial charge in [-0.15, -0.1) is 0 Å². The van der Waals surface area contributed by atoms with E-state index in [1.165, 1.54) is 12.1 Å². The number of ether oxygens (including phenoxy) is 1. The third-order valence-corrected chi connectivity index (χ3v) is 5.07. The normalized spacial score (nSPS) is 13.6. The van der Waals surface area contributed by atoms with Gasteiger partial charge in [0.05, 0.1) is 16.1 Å². The molecule has 0 saturated heterocycles. The summed E-state index contributed by atoms with van der Waals surface area (Å²) in [6, 6.07) is 13.8. The zero-order valence-electron chi connectivity index (χ0n) is 14.2. The van der Waals surface area contributed by atoms with Gasteiger partial charge in [-0.25, -0.2) is 4.79 Å². The van der Waals surface area contributed by atoms with Crippen molar-refractivity contribution in [3.05, 3.63) is 75.4 Å². The first-order valence-corrected chi connectivity index (χ1v) is 9.33. The minimum atomic E-state index is -0.547. The molecule has 1 heterocycles. The smallest absolute Gasteiger partial charge is 0.339 e. The topological polar surface area (TPSA) is 56.3 Å². The zero-order valence-corrected chi connectivity index (χ0v) is 15.8. The van der Waals surface area contributed by atoms with Crippen LogP contribution in [0.25, 0.3) is 10.9 Å². The second-order valence-electron chi connectivity index (χ2n) is 6.51. The van der Waals surface area contributed by atoms with E-state index in [1.807, 2.05) is 24.3 Å². The lowest BCUT2D eigenvalue weighted by Gasteiger charge is -2.10. The van der Waals surface area contributed by atoms with Crippen LogP contribution in [0, 0.1) is 0 Å². The number of carbonyl (C=O) groups is 2. The first kappa shape index (κ1) is 18.0. The number of ketones is 1. The first-order chi connectivity index (χ1) is 13.0. The third-order valence-electron chi connectivity index (χ3n) is 4.52. The summed E-state index contributed by atoms with van der Waals surface area (Å²) in [5.74, 6) is -0.532. The van der Waals surface area contributed by atoms with Crippen molar-refractivity contribution in [2.24, 2.45) is 0 Å². The molecule has 0 atom stereocenters. The molecule has 3 aromatic rings. The van der Waals surface area contributed by atoms with Gasteiger partial charge in [-0.2, -0.15) is 0 Å². The molecule has 0 bridgehead atoms. The maximum Gasteiger partial charge on any atom is 0.339 e. The van der Waals surface area contributed by atoms with Gasteiger partial charge < -0.3 is 4.74 Å². The lowest BCUT2D eigenvalue weighted by atomic mass is 10.1. The highest BCUT2D eigenvalue weighted by Crippen LogP contribution is 2.40. The Bertz CT molecular complexity index is 1060. The number of halogens is 2. The predicted octanol–water partition coefficient (Wildman–Crippen LogP) is 5.46. The first-order valence-electron chi connectivity index (χ1n) is 8.58. The van der Waals surface area contributed by atoms with E-state index in [4.69, 9.17) is 27.9 Å². The number of aromatic nitrogens is 1. The Labute approximate surface area is 166 Å². The molecule has 1 saturated carbocycles. The summed E-state index contributed by atoms with van der Waals surface area (Å²) in [7, 11) is 0. The molecule has 0 amide bonds. The van der Waals surface area contributed by atoms with Crippen molar-refractivity contribution in [3.63, 3.8) is 0 Å². The largest absolute Gasteiger partial charge is 0.454 e. The van der Waals surface area contributed by atoms with Gasteiger partial charge in [0.2, 0.25) is 5.78 Å². The number of hydrogen-bond acceptors (Lipinski definition) is 4. The Morgan fingerprint density at radius 3 is 2.56 bits per heavy atom. The van der Waals surface area contributed by atoms with Gasteiger partial charge in [-0.05, 0) is 43.2 Å². The predicted molar refractivity (Wildman–Crippen MR) is 105 cm³/mol.